The first-order valence-corrected chi connectivity index (χ1v) is 10.4. The zero-order chi connectivity index (χ0) is 23.4. The van der Waals surface area contributed by atoms with Crippen LogP contribution in [0.15, 0.2) is 42.5 Å². The predicted molar refractivity (Wildman–Crippen MR) is 124 cm³/mol. The van der Waals surface area contributed by atoms with Gasteiger partial charge in [0.15, 0.2) is 5.78 Å². The number of ketones is 1. The zero-order valence-electron chi connectivity index (χ0n) is 19.5. The maximum atomic E-state index is 13.4. The lowest BCUT2D eigenvalue weighted by atomic mass is 10.0. The number of likely N-dealkylation sites (N-methyl/N-ethyl adjacent to an activating group) is 1. The molecule has 0 saturated carbocycles. The third-order valence-electron chi connectivity index (χ3n) is 5.35. The Morgan fingerprint density at radius 1 is 1.00 bits per heavy atom. The van der Waals surface area contributed by atoms with E-state index >= 15 is 0 Å². The van der Waals surface area contributed by atoms with Crippen LogP contribution in [0.5, 0.6) is 11.5 Å². The highest BCUT2D eigenvalue weighted by Gasteiger charge is 2.23. The van der Waals surface area contributed by atoms with Gasteiger partial charge in [-0.25, -0.2) is 0 Å². The van der Waals surface area contributed by atoms with Gasteiger partial charge in [0.2, 0.25) is 0 Å². The first kappa shape index (κ1) is 23.3. The number of hydrogen-bond acceptors (Lipinski definition) is 6. The lowest BCUT2D eigenvalue weighted by Gasteiger charge is -2.18. The van der Waals surface area contributed by atoms with E-state index in [1.165, 1.54) is 0 Å². The molecule has 3 rings (SSSR count). The minimum absolute atomic E-state index is 0.00314. The molecule has 0 radical (unpaired) electrons. The summed E-state index contributed by atoms with van der Waals surface area (Å²) in [5, 5.41) is 0.762. The van der Waals surface area contributed by atoms with E-state index in [9.17, 15) is 9.59 Å². The van der Waals surface area contributed by atoms with Crippen LogP contribution in [0.25, 0.3) is 10.9 Å². The van der Waals surface area contributed by atoms with Crippen LogP contribution in [0, 0.1) is 6.92 Å². The van der Waals surface area contributed by atoms with Gasteiger partial charge >= 0.3 is 5.97 Å². The standard InChI is InChI=1S/C25H30N2O5/c1-16(14-26(3)4)32-23(28)15-27-17(2)24(21-12-11-20(31-6)13-22(21)27)25(29)18-7-9-19(30-5)10-8-18/h7-13,16H,14-15H2,1-6H3. The van der Waals surface area contributed by atoms with Crippen LogP contribution in [0.3, 0.4) is 0 Å². The average molecular weight is 439 g/mol. The smallest absolute Gasteiger partial charge is 0.326 e. The van der Waals surface area contributed by atoms with Gasteiger partial charge in [0.25, 0.3) is 0 Å². The number of rotatable bonds is 9. The van der Waals surface area contributed by atoms with Gasteiger partial charge in [0.05, 0.1) is 25.3 Å². The molecule has 0 aliphatic carbocycles. The van der Waals surface area contributed by atoms with Crippen molar-refractivity contribution in [2.75, 3.05) is 34.9 Å². The number of nitrogens with zero attached hydrogens (tertiary/aromatic N) is 2. The van der Waals surface area contributed by atoms with Gasteiger partial charge in [-0.05, 0) is 64.3 Å². The van der Waals surface area contributed by atoms with E-state index in [1.54, 1.807) is 38.5 Å². The molecule has 1 unspecified atom stereocenters. The highest BCUT2D eigenvalue weighted by Crippen LogP contribution is 2.31. The summed E-state index contributed by atoms with van der Waals surface area (Å²) in [4.78, 5) is 28.1. The molecule has 0 aliphatic rings. The molecule has 7 heteroatoms. The van der Waals surface area contributed by atoms with E-state index in [2.05, 4.69) is 0 Å². The van der Waals surface area contributed by atoms with Gasteiger partial charge in [-0.1, -0.05) is 0 Å². The molecule has 3 aromatic rings. The van der Waals surface area contributed by atoms with Gasteiger partial charge in [-0.3, -0.25) is 9.59 Å². The molecule has 1 atom stereocenters. The van der Waals surface area contributed by atoms with E-state index in [0.29, 0.717) is 34.9 Å². The van der Waals surface area contributed by atoms with Gasteiger partial charge < -0.3 is 23.7 Å². The highest BCUT2D eigenvalue weighted by molar-refractivity contribution is 6.17. The van der Waals surface area contributed by atoms with Crippen molar-refractivity contribution in [3.8, 4) is 11.5 Å². The van der Waals surface area contributed by atoms with Gasteiger partial charge in [-0.2, -0.15) is 0 Å². The number of hydrogen-bond donors (Lipinski definition) is 0. The second-order valence-electron chi connectivity index (χ2n) is 8.05. The molecular formula is C25H30N2O5. The van der Waals surface area contributed by atoms with Crippen molar-refractivity contribution in [1.82, 2.24) is 9.47 Å². The van der Waals surface area contributed by atoms with Crippen molar-refractivity contribution in [2.45, 2.75) is 26.5 Å². The average Bonchev–Trinajstić information content (AvgIpc) is 3.03. The first-order valence-electron chi connectivity index (χ1n) is 10.4. The number of fused-ring (bicyclic) bond motifs is 1. The van der Waals surface area contributed by atoms with Crippen molar-refractivity contribution in [3.05, 3.63) is 59.3 Å². The van der Waals surface area contributed by atoms with Gasteiger partial charge in [0, 0.05) is 29.3 Å². The predicted octanol–water partition coefficient (Wildman–Crippen LogP) is 3.69. The van der Waals surface area contributed by atoms with Crippen LogP contribution < -0.4 is 9.47 Å². The molecule has 0 fully saturated rings. The first-order chi connectivity index (χ1) is 15.2. The Hall–Kier alpha value is -3.32. The molecule has 32 heavy (non-hydrogen) atoms. The van der Waals surface area contributed by atoms with Crippen LogP contribution in [0.4, 0.5) is 0 Å². The summed E-state index contributed by atoms with van der Waals surface area (Å²) in [7, 11) is 7.02. The molecular weight excluding hydrogens is 408 g/mol. The number of ether oxygens (including phenoxy) is 3. The number of esters is 1. The van der Waals surface area contributed by atoms with Crippen molar-refractivity contribution < 1.29 is 23.8 Å². The molecule has 0 amide bonds. The fraction of sp³-hybridized carbons (Fsp3) is 0.360. The summed E-state index contributed by atoms with van der Waals surface area (Å²) in [5.41, 5.74) is 2.55. The Morgan fingerprint density at radius 2 is 1.62 bits per heavy atom. The molecule has 0 aliphatic heterocycles. The maximum Gasteiger partial charge on any atom is 0.326 e. The molecule has 0 N–H and O–H groups in total. The summed E-state index contributed by atoms with van der Waals surface area (Å²) in [5.74, 6) is 0.855. The minimum Gasteiger partial charge on any atom is -0.497 e. The van der Waals surface area contributed by atoms with Crippen molar-refractivity contribution in [1.29, 1.82) is 0 Å². The zero-order valence-corrected chi connectivity index (χ0v) is 19.5. The molecule has 2 aromatic carbocycles. The van der Waals surface area contributed by atoms with Crippen molar-refractivity contribution in [2.24, 2.45) is 0 Å². The van der Waals surface area contributed by atoms with Crippen LogP contribution in [-0.2, 0) is 16.1 Å². The third kappa shape index (κ3) is 4.94. The molecule has 1 aromatic heterocycles. The minimum atomic E-state index is -0.356. The fourth-order valence-electron chi connectivity index (χ4n) is 3.90. The summed E-state index contributed by atoms with van der Waals surface area (Å²) >= 11 is 0. The monoisotopic (exact) mass is 438 g/mol. The van der Waals surface area contributed by atoms with Crippen LogP contribution in [0.1, 0.15) is 28.5 Å². The number of aromatic nitrogens is 1. The number of carbonyl (C=O) groups is 2. The van der Waals surface area contributed by atoms with E-state index in [4.69, 9.17) is 14.2 Å². The normalized spacial score (nSPS) is 12.1. The van der Waals surface area contributed by atoms with Gasteiger partial charge in [-0.15, -0.1) is 0 Å². The van der Waals surface area contributed by atoms with E-state index < -0.39 is 0 Å². The van der Waals surface area contributed by atoms with E-state index in [-0.39, 0.29) is 24.4 Å². The maximum absolute atomic E-state index is 13.4. The highest BCUT2D eigenvalue weighted by atomic mass is 16.5. The summed E-state index contributed by atoms with van der Waals surface area (Å²) in [6, 6.07) is 12.5. The second kappa shape index (κ2) is 9.87. The Kier molecular flexibility index (Phi) is 7.20. The molecule has 0 bridgehead atoms. The van der Waals surface area contributed by atoms with E-state index in [0.717, 1.165) is 10.9 Å². The Morgan fingerprint density at radius 3 is 2.22 bits per heavy atom. The molecule has 170 valence electrons. The Balaban J connectivity index is 2.01. The largest absolute Gasteiger partial charge is 0.497 e. The van der Waals surface area contributed by atoms with Crippen molar-refractivity contribution in [3.63, 3.8) is 0 Å². The van der Waals surface area contributed by atoms with Crippen molar-refractivity contribution >= 4 is 22.7 Å². The number of benzene rings is 2. The Labute approximate surface area is 188 Å². The van der Waals surface area contributed by atoms with E-state index in [1.807, 2.05) is 55.6 Å². The quantitative estimate of drug-likeness (QED) is 0.375. The fourth-order valence-corrected chi connectivity index (χ4v) is 3.90. The molecule has 0 saturated heterocycles. The van der Waals surface area contributed by atoms with Crippen LogP contribution in [-0.4, -0.2) is 62.2 Å². The second-order valence-corrected chi connectivity index (χ2v) is 8.05. The number of carbonyl (C=O) groups excluding carboxylic acids is 2. The molecule has 1 heterocycles. The Bertz CT molecular complexity index is 1120. The number of methoxy groups -OCH3 is 2. The van der Waals surface area contributed by atoms with Crippen LogP contribution in [0.2, 0.25) is 0 Å². The molecule has 7 nitrogen and oxygen atoms in total. The lowest BCUT2D eigenvalue weighted by Crippen LogP contribution is -2.29. The SMILES string of the molecule is COc1ccc(C(=O)c2c(C)n(CC(=O)OC(C)CN(C)C)c3cc(OC)ccc23)cc1. The van der Waals surface area contributed by atoms with Crippen LogP contribution >= 0.6 is 0 Å². The molecule has 0 spiro atoms. The topological polar surface area (TPSA) is 70.0 Å². The third-order valence-corrected chi connectivity index (χ3v) is 5.35. The summed E-state index contributed by atoms with van der Waals surface area (Å²) in [6.45, 7) is 4.34. The lowest BCUT2D eigenvalue weighted by molar-refractivity contribution is -0.149. The summed E-state index contributed by atoms with van der Waals surface area (Å²) in [6.07, 6.45) is -0.241. The van der Waals surface area contributed by atoms with Gasteiger partial charge in [0.1, 0.15) is 24.1 Å². The summed E-state index contributed by atoms with van der Waals surface area (Å²) < 4.78 is 18.0.